The van der Waals surface area contributed by atoms with Crippen LogP contribution in [0.15, 0.2) is 29.3 Å². The van der Waals surface area contributed by atoms with E-state index in [0.717, 1.165) is 10.6 Å². The first-order valence-corrected chi connectivity index (χ1v) is 6.15. The van der Waals surface area contributed by atoms with Gasteiger partial charge in [0.2, 0.25) is 6.23 Å². The molecule has 84 valence electrons. The Morgan fingerprint density at radius 2 is 2.44 bits per heavy atom. The van der Waals surface area contributed by atoms with Crippen LogP contribution in [0, 0.1) is 0 Å². The highest BCUT2D eigenvalue weighted by Crippen LogP contribution is 2.25. The van der Waals surface area contributed by atoms with Crippen molar-refractivity contribution in [2.75, 3.05) is 5.75 Å². The van der Waals surface area contributed by atoms with Gasteiger partial charge in [0.1, 0.15) is 5.04 Å². The number of carbonyl (C=O) groups is 1. The Hall–Kier alpha value is -1.00. The Morgan fingerprint density at radius 3 is 3.12 bits per heavy atom. The summed E-state index contributed by atoms with van der Waals surface area (Å²) in [5, 5.41) is 1.55. The Balaban J connectivity index is 2.14. The van der Waals surface area contributed by atoms with Crippen molar-refractivity contribution in [3.8, 4) is 0 Å². The van der Waals surface area contributed by atoms with E-state index in [0.29, 0.717) is 10.8 Å². The lowest BCUT2D eigenvalue weighted by Gasteiger charge is -2.04. The highest BCUT2D eigenvalue weighted by molar-refractivity contribution is 8.14. The molecule has 0 saturated heterocycles. The van der Waals surface area contributed by atoms with Crippen LogP contribution >= 0.6 is 23.4 Å². The van der Waals surface area contributed by atoms with Gasteiger partial charge in [-0.1, -0.05) is 23.7 Å². The number of aliphatic imine (C=N–C) groups is 1. The Labute approximate surface area is 103 Å². The minimum absolute atomic E-state index is 0.304. The zero-order valence-corrected chi connectivity index (χ0v) is 10.2. The fraction of sp³-hybridized carbons (Fsp3) is 0.273. The van der Waals surface area contributed by atoms with E-state index < -0.39 is 0 Å². The monoisotopic (exact) mass is 255 g/mol. The van der Waals surface area contributed by atoms with Gasteiger partial charge in [0.15, 0.2) is 0 Å². The number of hydrogen-bond acceptors (Lipinski definition) is 4. The van der Waals surface area contributed by atoms with Gasteiger partial charge < -0.3 is 4.74 Å². The van der Waals surface area contributed by atoms with Gasteiger partial charge in [-0.05, 0) is 12.1 Å². The van der Waals surface area contributed by atoms with Gasteiger partial charge in [0.25, 0.3) is 0 Å². The number of halogens is 1. The second kappa shape index (κ2) is 4.89. The third-order valence-corrected chi connectivity index (χ3v) is 3.30. The lowest BCUT2D eigenvalue weighted by molar-refractivity contribution is -0.144. The van der Waals surface area contributed by atoms with Gasteiger partial charge in [-0.3, -0.25) is 4.79 Å². The molecule has 0 N–H and O–H groups in total. The van der Waals surface area contributed by atoms with Crippen LogP contribution in [0.25, 0.3) is 0 Å². The van der Waals surface area contributed by atoms with Crippen molar-refractivity contribution in [2.24, 2.45) is 4.99 Å². The number of benzene rings is 1. The van der Waals surface area contributed by atoms with E-state index in [1.807, 2.05) is 24.3 Å². The Kier molecular flexibility index (Phi) is 3.51. The Bertz CT molecular complexity index is 447. The third kappa shape index (κ3) is 2.77. The molecule has 1 unspecified atom stereocenters. The minimum atomic E-state index is -0.364. The molecule has 0 aromatic heterocycles. The second-order valence-electron chi connectivity index (χ2n) is 3.32. The third-order valence-electron chi connectivity index (χ3n) is 2.00. The molecule has 2 rings (SSSR count). The molecule has 0 bridgehead atoms. The van der Waals surface area contributed by atoms with Gasteiger partial charge in [0, 0.05) is 17.5 Å². The van der Waals surface area contributed by atoms with Crippen LogP contribution in [0.4, 0.5) is 0 Å². The van der Waals surface area contributed by atoms with Crippen molar-refractivity contribution in [3.05, 3.63) is 34.9 Å². The molecule has 1 heterocycles. The predicted octanol–water partition coefficient (Wildman–Crippen LogP) is 2.72. The first-order valence-electron chi connectivity index (χ1n) is 4.79. The van der Waals surface area contributed by atoms with Crippen molar-refractivity contribution in [2.45, 2.75) is 13.2 Å². The van der Waals surface area contributed by atoms with Crippen molar-refractivity contribution >= 4 is 34.4 Å². The van der Waals surface area contributed by atoms with Gasteiger partial charge in [-0.15, -0.1) is 11.8 Å². The molecule has 5 heteroatoms. The van der Waals surface area contributed by atoms with E-state index in [4.69, 9.17) is 16.3 Å². The average Bonchev–Trinajstić information content (AvgIpc) is 2.65. The van der Waals surface area contributed by atoms with Gasteiger partial charge in [0.05, 0.1) is 5.75 Å². The highest BCUT2D eigenvalue weighted by Gasteiger charge is 2.21. The standard InChI is InChI=1S/C11H10ClNO2S/c1-7(14)15-10-6-16-11(13-10)8-3-2-4-9(12)5-8/h2-5,10H,6H2,1H3. The summed E-state index contributed by atoms with van der Waals surface area (Å²) in [5.74, 6) is 0.364. The fourth-order valence-corrected chi connectivity index (χ4v) is 2.51. The van der Waals surface area contributed by atoms with Crippen LogP contribution in [-0.4, -0.2) is 23.0 Å². The number of carbonyl (C=O) groups excluding carboxylic acids is 1. The molecule has 1 aromatic rings. The average molecular weight is 256 g/mol. The van der Waals surface area contributed by atoms with Crippen LogP contribution in [-0.2, 0) is 9.53 Å². The number of ether oxygens (including phenoxy) is 1. The molecular weight excluding hydrogens is 246 g/mol. The van der Waals surface area contributed by atoms with Crippen molar-refractivity contribution < 1.29 is 9.53 Å². The number of rotatable bonds is 2. The number of hydrogen-bond donors (Lipinski definition) is 0. The topological polar surface area (TPSA) is 38.7 Å². The quantitative estimate of drug-likeness (QED) is 0.763. The minimum Gasteiger partial charge on any atom is -0.439 e. The normalized spacial score (nSPS) is 19.4. The Morgan fingerprint density at radius 1 is 1.62 bits per heavy atom. The van der Waals surface area contributed by atoms with Crippen molar-refractivity contribution in [3.63, 3.8) is 0 Å². The first kappa shape index (κ1) is 11.5. The molecular formula is C11H10ClNO2S. The molecule has 1 aromatic carbocycles. The lowest BCUT2D eigenvalue weighted by atomic mass is 10.2. The molecule has 3 nitrogen and oxygen atoms in total. The van der Waals surface area contributed by atoms with E-state index in [-0.39, 0.29) is 12.2 Å². The summed E-state index contributed by atoms with van der Waals surface area (Å²) >= 11 is 7.46. The molecule has 1 aliphatic rings. The maximum absolute atomic E-state index is 10.8. The molecule has 0 spiro atoms. The molecule has 16 heavy (non-hydrogen) atoms. The number of nitrogens with zero attached hydrogens (tertiary/aromatic N) is 1. The van der Waals surface area contributed by atoms with E-state index in [1.54, 1.807) is 11.8 Å². The van der Waals surface area contributed by atoms with E-state index >= 15 is 0 Å². The zero-order chi connectivity index (χ0) is 11.5. The summed E-state index contributed by atoms with van der Waals surface area (Å²) in [5.41, 5.74) is 0.965. The molecule has 0 radical (unpaired) electrons. The highest BCUT2D eigenvalue weighted by atomic mass is 35.5. The van der Waals surface area contributed by atoms with E-state index in [2.05, 4.69) is 4.99 Å². The summed E-state index contributed by atoms with van der Waals surface area (Å²) in [4.78, 5) is 15.1. The lowest BCUT2D eigenvalue weighted by Crippen LogP contribution is -2.13. The summed E-state index contributed by atoms with van der Waals surface area (Å²) in [7, 11) is 0. The maximum atomic E-state index is 10.8. The van der Waals surface area contributed by atoms with Crippen LogP contribution in [0.3, 0.4) is 0 Å². The SMILES string of the molecule is CC(=O)OC1CSC(c2cccc(Cl)c2)=N1. The summed E-state index contributed by atoms with van der Waals surface area (Å²) in [6, 6.07) is 7.48. The molecule has 0 aliphatic carbocycles. The van der Waals surface area contributed by atoms with Crippen molar-refractivity contribution in [1.29, 1.82) is 0 Å². The van der Waals surface area contributed by atoms with Crippen LogP contribution in [0.1, 0.15) is 12.5 Å². The fourth-order valence-electron chi connectivity index (χ4n) is 1.39. The predicted molar refractivity (Wildman–Crippen MR) is 66.0 cm³/mol. The number of esters is 1. The first-order chi connectivity index (χ1) is 7.65. The second-order valence-corrected chi connectivity index (χ2v) is 4.76. The van der Waals surface area contributed by atoms with Gasteiger partial charge >= 0.3 is 5.97 Å². The summed E-state index contributed by atoms with van der Waals surface area (Å²) in [6.07, 6.45) is -0.364. The zero-order valence-electron chi connectivity index (χ0n) is 8.64. The van der Waals surface area contributed by atoms with E-state index in [1.165, 1.54) is 6.92 Å². The summed E-state index contributed by atoms with van der Waals surface area (Å²) < 4.78 is 5.01. The van der Waals surface area contributed by atoms with Crippen molar-refractivity contribution in [1.82, 2.24) is 0 Å². The molecule has 1 aliphatic heterocycles. The smallest absolute Gasteiger partial charge is 0.304 e. The van der Waals surface area contributed by atoms with Gasteiger partial charge in [-0.25, -0.2) is 4.99 Å². The van der Waals surface area contributed by atoms with E-state index in [9.17, 15) is 4.79 Å². The summed E-state index contributed by atoms with van der Waals surface area (Å²) in [6.45, 7) is 1.39. The molecule has 0 amide bonds. The largest absolute Gasteiger partial charge is 0.439 e. The number of thioether (sulfide) groups is 1. The molecule has 1 atom stereocenters. The van der Waals surface area contributed by atoms with Crippen LogP contribution < -0.4 is 0 Å². The molecule has 0 fully saturated rings. The van der Waals surface area contributed by atoms with Crippen LogP contribution in [0.2, 0.25) is 5.02 Å². The molecule has 0 saturated carbocycles. The maximum Gasteiger partial charge on any atom is 0.304 e. The van der Waals surface area contributed by atoms with Gasteiger partial charge in [-0.2, -0.15) is 0 Å². The van der Waals surface area contributed by atoms with Crippen LogP contribution in [0.5, 0.6) is 0 Å².